The second kappa shape index (κ2) is 9.33. The maximum atomic E-state index is 14.0. The van der Waals surface area contributed by atoms with Gasteiger partial charge in [0, 0.05) is 18.0 Å². The summed E-state index contributed by atoms with van der Waals surface area (Å²) in [5.74, 6) is -3.03. The zero-order valence-corrected chi connectivity index (χ0v) is 24.3. The fraction of sp³-hybridized carbons (Fsp3) is 0.828. The van der Waals surface area contributed by atoms with Gasteiger partial charge in [0.2, 0.25) is 23.6 Å². The molecule has 2 heterocycles. The van der Waals surface area contributed by atoms with E-state index in [0.717, 1.165) is 12.8 Å². The van der Waals surface area contributed by atoms with Crippen LogP contribution in [0.25, 0.3) is 0 Å². The van der Waals surface area contributed by atoms with E-state index in [1.165, 1.54) is 4.90 Å². The van der Waals surface area contributed by atoms with E-state index in [1.807, 2.05) is 13.8 Å². The van der Waals surface area contributed by atoms with E-state index >= 15 is 0 Å². The molecule has 4 amide bonds. The molecule has 2 saturated heterocycles. The number of nitrogens with zero attached hydrogens (tertiary/aromatic N) is 2. The van der Waals surface area contributed by atoms with Gasteiger partial charge in [0.15, 0.2) is 0 Å². The molecule has 1 spiro atoms. The summed E-state index contributed by atoms with van der Waals surface area (Å²) >= 11 is 0. The molecule has 12 heteroatoms. The van der Waals surface area contributed by atoms with Crippen LogP contribution in [0.2, 0.25) is 0 Å². The van der Waals surface area contributed by atoms with Crippen LogP contribution in [0.1, 0.15) is 79.6 Å². The number of nitriles is 1. The van der Waals surface area contributed by atoms with Crippen molar-refractivity contribution in [3.8, 4) is 6.07 Å². The second-order valence-corrected chi connectivity index (χ2v) is 14.7. The fourth-order valence-corrected chi connectivity index (χ4v) is 7.40. The highest BCUT2D eigenvalue weighted by molar-refractivity contribution is 5.95. The monoisotopic (exact) mass is 579 g/mol. The Kier molecular flexibility index (Phi) is 6.75. The minimum Gasteiger partial charge on any atom is -0.350 e. The molecule has 6 atom stereocenters. The lowest BCUT2D eigenvalue weighted by atomic mass is 9.67. The summed E-state index contributed by atoms with van der Waals surface area (Å²) in [6.45, 7) is 9.22. The van der Waals surface area contributed by atoms with Crippen LogP contribution in [0, 0.1) is 45.3 Å². The Morgan fingerprint density at radius 3 is 2.22 bits per heavy atom. The first-order chi connectivity index (χ1) is 18.9. The van der Waals surface area contributed by atoms with Crippen LogP contribution in [-0.2, 0) is 19.2 Å². The Bertz CT molecular complexity index is 1190. The molecule has 2 aliphatic heterocycles. The van der Waals surface area contributed by atoms with Gasteiger partial charge in [0.05, 0.1) is 6.07 Å². The molecule has 3 saturated carbocycles. The maximum absolute atomic E-state index is 14.0. The summed E-state index contributed by atoms with van der Waals surface area (Å²) in [4.78, 5) is 54.5. The number of carbonyl (C=O) groups excluding carboxylic acids is 4. The Labute approximate surface area is 238 Å². The molecule has 0 radical (unpaired) electrons. The van der Waals surface area contributed by atoms with Gasteiger partial charge >= 0.3 is 6.18 Å². The number of fused-ring (bicyclic) bond motifs is 1. The number of amides is 4. The predicted molar refractivity (Wildman–Crippen MR) is 140 cm³/mol. The van der Waals surface area contributed by atoms with E-state index in [2.05, 4.69) is 22.0 Å². The van der Waals surface area contributed by atoms with Gasteiger partial charge in [-0.2, -0.15) is 18.4 Å². The highest BCUT2D eigenvalue weighted by atomic mass is 19.4. The molecular formula is C29H40F3N5O4. The van der Waals surface area contributed by atoms with Gasteiger partial charge in [-0.1, -0.05) is 41.0 Å². The lowest BCUT2D eigenvalue weighted by molar-refractivity contribution is -0.243. The van der Waals surface area contributed by atoms with Gasteiger partial charge in [0.1, 0.15) is 23.5 Å². The average molecular weight is 580 g/mol. The molecule has 0 aromatic heterocycles. The summed E-state index contributed by atoms with van der Waals surface area (Å²) in [6.07, 6.45) is -2.50. The number of likely N-dealkylation sites (tertiary alicyclic amines) is 1. The molecule has 41 heavy (non-hydrogen) atoms. The molecule has 3 N–H and O–H groups in total. The topological polar surface area (TPSA) is 131 Å². The number of hydrogen-bond donors (Lipinski definition) is 3. The molecular weight excluding hydrogens is 539 g/mol. The highest BCUT2D eigenvalue weighted by Crippen LogP contribution is 2.65. The lowest BCUT2D eigenvalue weighted by Crippen LogP contribution is -2.63. The third-order valence-electron chi connectivity index (χ3n) is 10.6. The molecule has 0 bridgehead atoms. The molecule has 3 unspecified atom stereocenters. The van der Waals surface area contributed by atoms with E-state index in [9.17, 15) is 37.6 Å². The fourth-order valence-electron chi connectivity index (χ4n) is 7.40. The molecule has 0 aromatic carbocycles. The number of hydrogen-bond acceptors (Lipinski definition) is 5. The smallest absolute Gasteiger partial charge is 0.350 e. The predicted octanol–water partition coefficient (Wildman–Crippen LogP) is 2.80. The summed E-state index contributed by atoms with van der Waals surface area (Å²) in [5.41, 5.74) is -3.84. The Balaban J connectivity index is 1.33. The Morgan fingerprint density at radius 2 is 1.76 bits per heavy atom. The van der Waals surface area contributed by atoms with E-state index in [1.54, 1.807) is 20.8 Å². The first-order valence-corrected chi connectivity index (χ1v) is 14.6. The summed E-state index contributed by atoms with van der Waals surface area (Å²) in [7, 11) is 0. The number of piperidine rings is 1. The van der Waals surface area contributed by atoms with Crippen LogP contribution in [0.4, 0.5) is 13.2 Å². The molecule has 0 aromatic rings. The Hall–Kier alpha value is -2.84. The number of nitrogens with one attached hydrogen (secondary N) is 3. The van der Waals surface area contributed by atoms with Gasteiger partial charge in [-0.05, 0) is 61.2 Å². The number of carbonyl (C=O) groups is 4. The first kappa shape index (κ1) is 29.6. The third kappa shape index (κ3) is 4.87. The first-order valence-electron chi connectivity index (χ1n) is 14.6. The van der Waals surface area contributed by atoms with Crippen LogP contribution in [0.3, 0.4) is 0 Å². The average Bonchev–Trinajstić information content (AvgIpc) is 3.53. The van der Waals surface area contributed by atoms with Gasteiger partial charge in [-0.25, -0.2) is 0 Å². The van der Waals surface area contributed by atoms with Crippen molar-refractivity contribution in [2.75, 3.05) is 6.54 Å². The summed E-state index contributed by atoms with van der Waals surface area (Å²) in [5, 5.41) is 18.0. The number of alkyl halides is 3. The normalized spacial score (nSPS) is 31.7. The van der Waals surface area contributed by atoms with Crippen LogP contribution >= 0.6 is 0 Å². The van der Waals surface area contributed by atoms with Crippen molar-refractivity contribution in [2.45, 2.75) is 109 Å². The molecule has 5 fully saturated rings. The number of halogens is 3. The van der Waals surface area contributed by atoms with Crippen molar-refractivity contribution < 1.29 is 32.3 Å². The Morgan fingerprint density at radius 1 is 1.12 bits per heavy atom. The van der Waals surface area contributed by atoms with Crippen LogP contribution < -0.4 is 16.0 Å². The largest absolute Gasteiger partial charge is 0.403 e. The van der Waals surface area contributed by atoms with Crippen LogP contribution in [-0.4, -0.2) is 64.9 Å². The standard InChI is InChI=1S/C29H40F3N5O4/c1-25(2,3)20(35-24(41)28(7-6-8-28)29(30,31)32)23(40)37-14-17-18(26(17,4)5)19(37)22(39)34-16(13-33)11-15-12-27(9-10-27)36-21(15)38/h15-20H,6-12,14H2,1-5H3,(H,34,39)(H,35,41)(H,36,38)/t15-,16+,17?,18?,19?,20-/m1/s1. The minimum absolute atomic E-state index is 0.00235. The van der Waals surface area contributed by atoms with Crippen molar-refractivity contribution in [1.82, 2.24) is 20.9 Å². The minimum atomic E-state index is -4.73. The van der Waals surface area contributed by atoms with E-state index in [0.29, 0.717) is 6.42 Å². The third-order valence-corrected chi connectivity index (χ3v) is 10.6. The molecule has 9 nitrogen and oxygen atoms in total. The molecule has 5 rings (SSSR count). The van der Waals surface area contributed by atoms with Crippen molar-refractivity contribution in [2.24, 2.45) is 34.0 Å². The van der Waals surface area contributed by atoms with Gasteiger partial charge < -0.3 is 20.9 Å². The van der Waals surface area contributed by atoms with Gasteiger partial charge in [0.25, 0.3) is 0 Å². The SMILES string of the molecule is CC1(C)C2CN(C(=O)[C@@H](NC(=O)C3(C(F)(F)F)CCC3)C(C)(C)C)C(C(=O)N[C@H](C#N)C[C@@H]3CC4(CC4)NC3=O)C21. The van der Waals surface area contributed by atoms with Crippen molar-refractivity contribution >= 4 is 23.6 Å². The van der Waals surface area contributed by atoms with Crippen LogP contribution in [0.5, 0.6) is 0 Å². The van der Waals surface area contributed by atoms with E-state index in [-0.39, 0.29) is 66.8 Å². The maximum Gasteiger partial charge on any atom is 0.403 e. The zero-order chi connectivity index (χ0) is 30.3. The van der Waals surface area contributed by atoms with Crippen molar-refractivity contribution in [1.29, 1.82) is 5.26 Å². The molecule has 5 aliphatic rings. The molecule has 226 valence electrons. The van der Waals surface area contributed by atoms with Crippen molar-refractivity contribution in [3.05, 3.63) is 0 Å². The zero-order valence-electron chi connectivity index (χ0n) is 24.3. The number of rotatable bonds is 7. The molecule has 3 aliphatic carbocycles. The van der Waals surface area contributed by atoms with E-state index < -0.39 is 52.9 Å². The quantitative estimate of drug-likeness (QED) is 0.427. The van der Waals surface area contributed by atoms with Gasteiger partial charge in [-0.15, -0.1) is 0 Å². The van der Waals surface area contributed by atoms with Gasteiger partial charge in [-0.3, -0.25) is 19.2 Å². The summed E-state index contributed by atoms with van der Waals surface area (Å²) < 4.78 is 41.6. The summed E-state index contributed by atoms with van der Waals surface area (Å²) in [6, 6.07) is -1.07. The second-order valence-electron chi connectivity index (χ2n) is 14.7. The lowest BCUT2D eigenvalue weighted by Gasteiger charge is -2.44. The van der Waals surface area contributed by atoms with E-state index in [4.69, 9.17) is 0 Å². The van der Waals surface area contributed by atoms with Crippen LogP contribution in [0.15, 0.2) is 0 Å². The highest BCUT2D eigenvalue weighted by Gasteiger charge is 2.70. The van der Waals surface area contributed by atoms with Crippen molar-refractivity contribution in [3.63, 3.8) is 0 Å².